The van der Waals surface area contributed by atoms with Gasteiger partial charge < -0.3 is 10.0 Å². The molecule has 4 aromatic rings. The van der Waals surface area contributed by atoms with E-state index in [1.807, 2.05) is 35.2 Å². The smallest absolute Gasteiger partial charge is 0.419 e. The van der Waals surface area contributed by atoms with Crippen molar-refractivity contribution in [2.45, 2.75) is 18.6 Å². The Balaban J connectivity index is 1.57. The number of nitrogens with zero attached hydrogens (tertiary/aromatic N) is 6. The maximum absolute atomic E-state index is 14.8. The third-order valence-electron chi connectivity index (χ3n) is 6.79. The van der Waals surface area contributed by atoms with Crippen LogP contribution in [0.5, 0.6) is 5.75 Å². The molecule has 0 radical (unpaired) electrons. The molecule has 0 saturated carbocycles. The zero-order valence-corrected chi connectivity index (χ0v) is 22.0. The highest BCUT2D eigenvalue weighted by Gasteiger charge is 2.38. The molecule has 212 valence electrons. The quantitative estimate of drug-likeness (QED) is 0.358. The van der Waals surface area contributed by atoms with Gasteiger partial charge in [-0.05, 0) is 18.1 Å². The number of rotatable bonds is 5. The molecule has 0 aliphatic carbocycles. The molecule has 0 amide bonds. The predicted molar refractivity (Wildman–Crippen MR) is 136 cm³/mol. The summed E-state index contributed by atoms with van der Waals surface area (Å²) < 4.78 is 96.0. The average Bonchev–Trinajstić information content (AvgIpc) is 3.22. The molecule has 5 rings (SSSR count). The van der Waals surface area contributed by atoms with Crippen molar-refractivity contribution >= 4 is 27.0 Å². The molecule has 2 aromatic heterocycles. The lowest BCUT2D eigenvalue weighted by Gasteiger charge is -2.40. The Morgan fingerprint density at radius 1 is 1.10 bits per heavy atom. The minimum atomic E-state index is -5.19. The molecular weight excluding hydrogens is 559 g/mol. The summed E-state index contributed by atoms with van der Waals surface area (Å²) in [5, 5.41) is 13.9. The molecule has 15 heteroatoms. The van der Waals surface area contributed by atoms with Crippen LogP contribution in [-0.4, -0.2) is 69.5 Å². The van der Waals surface area contributed by atoms with E-state index >= 15 is 0 Å². The van der Waals surface area contributed by atoms with Crippen LogP contribution in [0.15, 0.2) is 42.6 Å². The summed E-state index contributed by atoms with van der Waals surface area (Å²) in [6.45, 7) is 0.616. The SMILES string of the molecule is Cn1nc(-c2cc(C(F)(F)F)c(F)c(O)c2F)c2cnc(N3CCN(S(C)(=O)=O)C[C@@H]3Cc3ccccc3)nc21. The molecule has 1 aliphatic rings. The number of phenols is 1. The second kappa shape index (κ2) is 9.96. The van der Waals surface area contributed by atoms with Crippen LogP contribution in [0.1, 0.15) is 11.1 Å². The van der Waals surface area contributed by atoms with Crippen molar-refractivity contribution in [2.75, 3.05) is 30.8 Å². The Labute approximate surface area is 225 Å². The number of benzene rings is 2. The van der Waals surface area contributed by atoms with Gasteiger partial charge in [0.05, 0.1) is 17.2 Å². The van der Waals surface area contributed by atoms with Crippen LogP contribution >= 0.6 is 0 Å². The number of halogens is 5. The fraction of sp³-hybridized carbons (Fsp3) is 0.320. The van der Waals surface area contributed by atoms with E-state index in [4.69, 9.17) is 0 Å². The number of anilines is 1. The first-order valence-corrected chi connectivity index (χ1v) is 13.8. The van der Waals surface area contributed by atoms with Gasteiger partial charge in [0.2, 0.25) is 16.0 Å². The number of piperazine rings is 1. The Hall–Kier alpha value is -3.85. The van der Waals surface area contributed by atoms with Crippen molar-refractivity contribution in [1.82, 2.24) is 24.1 Å². The molecule has 40 heavy (non-hydrogen) atoms. The first kappa shape index (κ1) is 27.7. The molecule has 1 saturated heterocycles. The van der Waals surface area contributed by atoms with Gasteiger partial charge in [-0.25, -0.2) is 26.9 Å². The number of aryl methyl sites for hydroxylation is 1. The van der Waals surface area contributed by atoms with Crippen molar-refractivity contribution < 1.29 is 35.5 Å². The Bertz CT molecular complexity index is 1700. The molecule has 9 nitrogen and oxygen atoms in total. The maximum atomic E-state index is 14.8. The lowest BCUT2D eigenvalue weighted by molar-refractivity contribution is -0.140. The van der Waals surface area contributed by atoms with E-state index in [1.165, 1.54) is 22.2 Å². The Kier molecular flexibility index (Phi) is 6.90. The average molecular weight is 583 g/mol. The molecule has 3 heterocycles. The van der Waals surface area contributed by atoms with Gasteiger partial charge in [-0.3, -0.25) is 0 Å². The predicted octanol–water partition coefficient (Wildman–Crippen LogP) is 3.73. The molecule has 1 aliphatic heterocycles. The topological polar surface area (TPSA) is 104 Å². The maximum Gasteiger partial charge on any atom is 0.419 e. The number of phenolic OH excluding ortho intramolecular Hbond substituents is 1. The van der Waals surface area contributed by atoms with Crippen LogP contribution in [0.2, 0.25) is 0 Å². The minimum Gasteiger partial charge on any atom is -0.503 e. The van der Waals surface area contributed by atoms with Gasteiger partial charge in [-0.15, -0.1) is 0 Å². The third kappa shape index (κ3) is 5.06. The number of aromatic hydroxyl groups is 1. The van der Waals surface area contributed by atoms with Crippen molar-refractivity contribution in [2.24, 2.45) is 7.05 Å². The Morgan fingerprint density at radius 2 is 1.80 bits per heavy atom. The number of fused-ring (bicyclic) bond motifs is 1. The number of alkyl halides is 3. The first-order valence-electron chi connectivity index (χ1n) is 12.0. The van der Waals surface area contributed by atoms with E-state index < -0.39 is 44.7 Å². The number of aromatic nitrogens is 4. The lowest BCUT2D eigenvalue weighted by Crippen LogP contribution is -2.56. The molecule has 2 aromatic carbocycles. The van der Waals surface area contributed by atoms with Crippen molar-refractivity contribution in [3.63, 3.8) is 0 Å². The van der Waals surface area contributed by atoms with E-state index in [0.717, 1.165) is 11.8 Å². The first-order chi connectivity index (χ1) is 18.8. The summed E-state index contributed by atoms with van der Waals surface area (Å²) in [4.78, 5) is 10.7. The minimum absolute atomic E-state index is 0.0682. The van der Waals surface area contributed by atoms with E-state index in [9.17, 15) is 35.5 Å². The van der Waals surface area contributed by atoms with Crippen LogP contribution in [0.25, 0.3) is 22.3 Å². The number of hydrogen-bond donors (Lipinski definition) is 1. The highest BCUT2D eigenvalue weighted by molar-refractivity contribution is 7.88. The standard InChI is InChI=1S/C25H23F5N6O3S/c1-34-23-17(21(33-34)16-11-18(25(28,29)30)20(27)22(37)19(16)26)12-31-24(32-23)36-9-8-35(40(2,38)39)13-15(36)10-14-6-4-3-5-7-14/h3-7,11-12,15,37H,8-10,13H2,1-2H3/t15-/m0/s1. The normalized spacial score (nSPS) is 17.1. The zero-order valence-electron chi connectivity index (χ0n) is 21.2. The van der Waals surface area contributed by atoms with E-state index in [-0.39, 0.29) is 54.4 Å². The molecule has 0 bridgehead atoms. The van der Waals surface area contributed by atoms with Gasteiger partial charge in [0.1, 0.15) is 5.69 Å². The van der Waals surface area contributed by atoms with Crippen LogP contribution < -0.4 is 4.90 Å². The second-order valence-electron chi connectivity index (χ2n) is 9.48. The number of sulfonamides is 1. The third-order valence-corrected chi connectivity index (χ3v) is 8.06. The zero-order chi connectivity index (χ0) is 29.0. The summed E-state index contributed by atoms with van der Waals surface area (Å²) in [7, 11) is -2.02. The van der Waals surface area contributed by atoms with Crippen molar-refractivity contribution in [1.29, 1.82) is 0 Å². The fourth-order valence-electron chi connectivity index (χ4n) is 4.82. The van der Waals surface area contributed by atoms with Gasteiger partial charge in [0.25, 0.3) is 0 Å². The molecule has 1 atom stereocenters. The highest BCUT2D eigenvalue weighted by Crippen LogP contribution is 2.41. The summed E-state index contributed by atoms with van der Waals surface area (Å²) in [5.41, 5.74) is -1.82. The van der Waals surface area contributed by atoms with Crippen LogP contribution in [-0.2, 0) is 29.7 Å². The molecule has 0 spiro atoms. The molecule has 0 unspecified atom stereocenters. The number of hydrogen-bond acceptors (Lipinski definition) is 7. The van der Waals surface area contributed by atoms with Gasteiger partial charge in [-0.1, -0.05) is 30.3 Å². The molecule has 1 N–H and O–H groups in total. The van der Waals surface area contributed by atoms with Gasteiger partial charge in [0.15, 0.2) is 23.0 Å². The van der Waals surface area contributed by atoms with Crippen LogP contribution in [0.4, 0.5) is 27.9 Å². The molecular formula is C25H23F5N6O3S. The fourth-order valence-corrected chi connectivity index (χ4v) is 5.68. The van der Waals surface area contributed by atoms with E-state index in [0.29, 0.717) is 6.42 Å². The largest absolute Gasteiger partial charge is 0.503 e. The van der Waals surface area contributed by atoms with E-state index in [2.05, 4.69) is 15.1 Å². The summed E-state index contributed by atoms with van der Waals surface area (Å²) in [6.07, 6.45) is -2.32. The summed E-state index contributed by atoms with van der Waals surface area (Å²) in [6, 6.07) is 9.33. The highest BCUT2D eigenvalue weighted by atomic mass is 32.2. The lowest BCUT2D eigenvalue weighted by atomic mass is 10.0. The van der Waals surface area contributed by atoms with Gasteiger partial charge in [0, 0.05) is 44.5 Å². The summed E-state index contributed by atoms with van der Waals surface area (Å²) >= 11 is 0. The van der Waals surface area contributed by atoms with Gasteiger partial charge in [-0.2, -0.15) is 27.6 Å². The van der Waals surface area contributed by atoms with Crippen molar-refractivity contribution in [3.8, 4) is 17.0 Å². The van der Waals surface area contributed by atoms with E-state index in [1.54, 1.807) is 0 Å². The summed E-state index contributed by atoms with van der Waals surface area (Å²) in [5.74, 6) is -5.28. The Morgan fingerprint density at radius 3 is 2.45 bits per heavy atom. The van der Waals surface area contributed by atoms with Crippen molar-refractivity contribution in [3.05, 3.63) is 65.4 Å². The van der Waals surface area contributed by atoms with Crippen LogP contribution in [0, 0.1) is 11.6 Å². The molecule has 1 fully saturated rings. The van der Waals surface area contributed by atoms with Gasteiger partial charge >= 0.3 is 6.18 Å². The van der Waals surface area contributed by atoms with Crippen LogP contribution in [0.3, 0.4) is 0 Å². The monoisotopic (exact) mass is 582 g/mol. The second-order valence-corrected chi connectivity index (χ2v) is 11.5.